The van der Waals surface area contributed by atoms with Crippen molar-refractivity contribution in [2.75, 3.05) is 45.4 Å². The quantitative estimate of drug-likeness (QED) is 0.682. The van der Waals surface area contributed by atoms with E-state index >= 15 is 0 Å². The number of benzene rings is 2. The van der Waals surface area contributed by atoms with Crippen LogP contribution in [-0.2, 0) is 14.8 Å². The summed E-state index contributed by atoms with van der Waals surface area (Å²) < 4.78 is 44.4. The van der Waals surface area contributed by atoms with Crippen molar-refractivity contribution in [1.82, 2.24) is 4.31 Å². The maximum absolute atomic E-state index is 13.2. The van der Waals surface area contributed by atoms with Gasteiger partial charge in [0, 0.05) is 38.5 Å². The van der Waals surface area contributed by atoms with Crippen LogP contribution in [0.1, 0.15) is 19.3 Å². The third-order valence-electron chi connectivity index (χ3n) is 5.94. The second-order valence-corrected chi connectivity index (χ2v) is 9.84. The van der Waals surface area contributed by atoms with E-state index in [1.165, 1.54) is 10.4 Å². The van der Waals surface area contributed by atoms with E-state index in [0.717, 1.165) is 6.42 Å². The summed E-state index contributed by atoms with van der Waals surface area (Å²) in [5, 5.41) is 0. The van der Waals surface area contributed by atoms with E-state index in [-0.39, 0.29) is 29.8 Å². The Morgan fingerprint density at radius 3 is 2.47 bits per heavy atom. The fourth-order valence-electron chi connectivity index (χ4n) is 4.10. The highest BCUT2D eigenvalue weighted by atomic mass is 32.2. The van der Waals surface area contributed by atoms with Crippen LogP contribution in [0.2, 0.25) is 0 Å². The van der Waals surface area contributed by atoms with Crippen LogP contribution >= 0.6 is 0 Å². The van der Waals surface area contributed by atoms with Crippen molar-refractivity contribution in [2.45, 2.75) is 24.2 Å². The van der Waals surface area contributed by atoms with Gasteiger partial charge < -0.3 is 19.1 Å². The molecule has 0 saturated carbocycles. The molecule has 172 valence electrons. The molecule has 2 aliphatic heterocycles. The molecule has 1 fully saturated rings. The number of fused-ring (bicyclic) bond motifs is 1. The molecule has 1 saturated heterocycles. The molecule has 9 heteroatoms. The molecule has 2 aliphatic rings. The molecule has 0 radical (unpaired) electrons. The maximum atomic E-state index is 13.2. The predicted molar refractivity (Wildman–Crippen MR) is 120 cm³/mol. The average Bonchev–Trinajstić information content (AvgIpc) is 3.08. The molecule has 2 aromatic carbocycles. The first-order valence-corrected chi connectivity index (χ1v) is 12.2. The number of nitrogens with zero attached hydrogens (tertiary/aromatic N) is 2. The summed E-state index contributed by atoms with van der Waals surface area (Å²) in [6, 6.07) is 12.1. The lowest BCUT2D eigenvalue weighted by atomic mass is 9.96. The van der Waals surface area contributed by atoms with E-state index in [1.807, 2.05) is 24.3 Å². The summed E-state index contributed by atoms with van der Waals surface area (Å²) in [6.07, 6.45) is 1.67. The number of ether oxygens (including phenoxy) is 3. The number of sulfonamides is 1. The van der Waals surface area contributed by atoms with Gasteiger partial charge in [0.25, 0.3) is 0 Å². The zero-order chi connectivity index (χ0) is 22.7. The van der Waals surface area contributed by atoms with Crippen molar-refractivity contribution in [3.63, 3.8) is 0 Å². The van der Waals surface area contributed by atoms with Gasteiger partial charge in [0.05, 0.1) is 30.9 Å². The monoisotopic (exact) mass is 460 g/mol. The van der Waals surface area contributed by atoms with Gasteiger partial charge in [-0.2, -0.15) is 4.31 Å². The minimum absolute atomic E-state index is 0.0397. The maximum Gasteiger partial charge on any atom is 0.243 e. The highest BCUT2D eigenvalue weighted by Crippen LogP contribution is 2.34. The molecule has 0 N–H and O–H groups in total. The van der Waals surface area contributed by atoms with Crippen molar-refractivity contribution in [1.29, 1.82) is 0 Å². The zero-order valence-corrected chi connectivity index (χ0v) is 19.1. The summed E-state index contributed by atoms with van der Waals surface area (Å²) in [4.78, 5) is 14.8. The van der Waals surface area contributed by atoms with E-state index in [4.69, 9.17) is 14.2 Å². The van der Waals surface area contributed by atoms with Crippen molar-refractivity contribution >= 4 is 21.6 Å². The van der Waals surface area contributed by atoms with E-state index in [1.54, 1.807) is 31.2 Å². The lowest BCUT2D eigenvalue weighted by molar-refractivity contribution is -0.123. The number of carbonyl (C=O) groups excluding carboxylic acids is 1. The Bertz CT molecular complexity index is 1080. The molecule has 2 aromatic rings. The Hall–Kier alpha value is -2.78. The first kappa shape index (κ1) is 22.4. The fourth-order valence-corrected chi connectivity index (χ4v) is 5.58. The molecule has 0 bridgehead atoms. The van der Waals surface area contributed by atoms with Gasteiger partial charge >= 0.3 is 0 Å². The van der Waals surface area contributed by atoms with Gasteiger partial charge in [0.15, 0.2) is 11.5 Å². The van der Waals surface area contributed by atoms with Gasteiger partial charge in [-0.1, -0.05) is 12.1 Å². The number of carbonyl (C=O) groups is 1. The predicted octanol–water partition coefficient (Wildman–Crippen LogP) is 2.92. The van der Waals surface area contributed by atoms with Crippen LogP contribution in [0.5, 0.6) is 17.2 Å². The molecule has 0 atom stereocenters. The number of anilines is 1. The Kier molecular flexibility index (Phi) is 6.57. The van der Waals surface area contributed by atoms with Crippen molar-refractivity contribution < 1.29 is 27.4 Å². The number of hydrogen-bond acceptors (Lipinski definition) is 6. The summed E-state index contributed by atoms with van der Waals surface area (Å²) in [5.41, 5.74) is 0.697. The van der Waals surface area contributed by atoms with Crippen LogP contribution in [0.3, 0.4) is 0 Å². The van der Waals surface area contributed by atoms with E-state index in [9.17, 15) is 13.2 Å². The summed E-state index contributed by atoms with van der Waals surface area (Å²) in [7, 11) is -0.394. The Morgan fingerprint density at radius 1 is 1.06 bits per heavy atom. The summed E-state index contributed by atoms with van der Waals surface area (Å²) in [5.74, 6) is 1.34. The standard InChI is InChI=1S/C23H28N2O6S/c1-24(19-6-3-4-7-20(19)29-2)23(26)17-10-12-25(13-11-17)32(27,28)18-8-9-21-22(16-18)31-15-5-14-30-21/h3-4,6-9,16-17H,5,10-15H2,1-2H3. The third-order valence-corrected chi connectivity index (χ3v) is 7.83. The van der Waals surface area contributed by atoms with E-state index < -0.39 is 10.0 Å². The molecule has 8 nitrogen and oxygen atoms in total. The molecular formula is C23H28N2O6S. The van der Waals surface area contributed by atoms with Gasteiger partial charge in [0.1, 0.15) is 5.75 Å². The van der Waals surface area contributed by atoms with Gasteiger partial charge in [-0.15, -0.1) is 0 Å². The van der Waals surface area contributed by atoms with Crippen LogP contribution < -0.4 is 19.1 Å². The Morgan fingerprint density at radius 2 is 1.75 bits per heavy atom. The second kappa shape index (κ2) is 9.38. The molecule has 0 aromatic heterocycles. The first-order chi connectivity index (χ1) is 15.4. The van der Waals surface area contributed by atoms with Crippen molar-refractivity contribution in [3.05, 3.63) is 42.5 Å². The van der Waals surface area contributed by atoms with Crippen LogP contribution in [0.25, 0.3) is 0 Å². The molecule has 0 unspecified atom stereocenters. The first-order valence-electron chi connectivity index (χ1n) is 10.7. The van der Waals surface area contributed by atoms with Gasteiger partial charge in [-0.25, -0.2) is 8.42 Å². The van der Waals surface area contributed by atoms with Crippen LogP contribution in [0, 0.1) is 5.92 Å². The molecule has 4 rings (SSSR count). The average molecular weight is 461 g/mol. The van der Waals surface area contributed by atoms with Crippen LogP contribution in [-0.4, -0.2) is 59.1 Å². The van der Waals surface area contributed by atoms with Gasteiger partial charge in [-0.3, -0.25) is 4.79 Å². The summed E-state index contributed by atoms with van der Waals surface area (Å²) >= 11 is 0. The molecule has 2 heterocycles. The third kappa shape index (κ3) is 4.40. The SMILES string of the molecule is COc1ccccc1N(C)C(=O)C1CCN(S(=O)(=O)c2ccc3c(c2)OCCCO3)CC1. The lowest BCUT2D eigenvalue weighted by Crippen LogP contribution is -2.43. The number of para-hydroxylation sites is 2. The fraction of sp³-hybridized carbons (Fsp3) is 0.435. The number of hydrogen-bond donors (Lipinski definition) is 0. The number of piperidine rings is 1. The molecule has 1 amide bonds. The molecule has 0 spiro atoms. The number of rotatable bonds is 5. The van der Waals surface area contributed by atoms with Gasteiger partial charge in [0.2, 0.25) is 15.9 Å². The highest BCUT2D eigenvalue weighted by molar-refractivity contribution is 7.89. The zero-order valence-electron chi connectivity index (χ0n) is 18.3. The Balaban J connectivity index is 1.44. The topological polar surface area (TPSA) is 85.4 Å². The normalized spacial score (nSPS) is 17.4. The summed E-state index contributed by atoms with van der Waals surface area (Å²) in [6.45, 7) is 1.60. The molecule has 32 heavy (non-hydrogen) atoms. The second-order valence-electron chi connectivity index (χ2n) is 7.91. The lowest BCUT2D eigenvalue weighted by Gasteiger charge is -2.33. The number of methoxy groups -OCH3 is 1. The largest absolute Gasteiger partial charge is 0.495 e. The van der Waals surface area contributed by atoms with Gasteiger partial charge in [-0.05, 0) is 37.1 Å². The minimum Gasteiger partial charge on any atom is -0.495 e. The Labute approximate surface area is 188 Å². The molecule has 0 aliphatic carbocycles. The highest BCUT2D eigenvalue weighted by Gasteiger charge is 2.34. The van der Waals surface area contributed by atoms with Crippen molar-refractivity contribution in [2.24, 2.45) is 5.92 Å². The van der Waals surface area contributed by atoms with Crippen LogP contribution in [0.4, 0.5) is 5.69 Å². The van der Waals surface area contributed by atoms with Crippen LogP contribution in [0.15, 0.2) is 47.4 Å². The van der Waals surface area contributed by atoms with E-state index in [0.29, 0.717) is 49.0 Å². The molecular weight excluding hydrogens is 432 g/mol. The van der Waals surface area contributed by atoms with E-state index in [2.05, 4.69) is 0 Å². The smallest absolute Gasteiger partial charge is 0.243 e. The number of amides is 1. The minimum atomic E-state index is -3.69. The van der Waals surface area contributed by atoms with Crippen molar-refractivity contribution in [3.8, 4) is 17.2 Å².